The van der Waals surface area contributed by atoms with Gasteiger partial charge in [0.1, 0.15) is 0 Å². The Hall–Kier alpha value is -0.900. The van der Waals surface area contributed by atoms with E-state index in [4.69, 9.17) is 9.47 Å². The highest BCUT2D eigenvalue weighted by atomic mass is 16.5. The summed E-state index contributed by atoms with van der Waals surface area (Å²) in [6, 6.07) is 6.97. The van der Waals surface area contributed by atoms with Gasteiger partial charge in [-0.25, -0.2) is 0 Å². The molecule has 0 spiro atoms. The fourth-order valence-electron chi connectivity index (χ4n) is 3.05. The Balaban J connectivity index is 1.87. The van der Waals surface area contributed by atoms with Crippen LogP contribution in [0.25, 0.3) is 0 Å². The normalized spacial score (nSPS) is 28.3. The molecule has 2 heterocycles. The molecule has 0 aliphatic carbocycles. The summed E-state index contributed by atoms with van der Waals surface area (Å²) in [7, 11) is 2.02. The van der Waals surface area contributed by atoms with Gasteiger partial charge in [-0.05, 0) is 36.1 Å². The Bertz CT molecular complexity index is 433. The van der Waals surface area contributed by atoms with E-state index in [1.807, 2.05) is 7.05 Å². The van der Waals surface area contributed by atoms with E-state index in [1.54, 1.807) is 0 Å². The SMILES string of the molecule is CNC(c1ccc2c(c1)COC2)C1OCCC1C. The van der Waals surface area contributed by atoms with Crippen molar-refractivity contribution in [2.45, 2.75) is 38.7 Å². The summed E-state index contributed by atoms with van der Waals surface area (Å²) in [6.07, 6.45) is 1.45. The van der Waals surface area contributed by atoms with Crippen molar-refractivity contribution in [1.82, 2.24) is 5.32 Å². The maximum absolute atomic E-state index is 5.90. The molecule has 98 valence electrons. The fourth-order valence-corrected chi connectivity index (χ4v) is 3.05. The van der Waals surface area contributed by atoms with Crippen LogP contribution in [0.1, 0.15) is 36.1 Å². The van der Waals surface area contributed by atoms with Gasteiger partial charge in [-0.1, -0.05) is 25.1 Å². The number of likely N-dealkylation sites (N-methyl/N-ethyl adjacent to an activating group) is 1. The molecule has 0 amide bonds. The van der Waals surface area contributed by atoms with E-state index < -0.39 is 0 Å². The van der Waals surface area contributed by atoms with E-state index in [2.05, 4.69) is 30.4 Å². The first-order valence-electron chi connectivity index (χ1n) is 6.78. The zero-order valence-corrected chi connectivity index (χ0v) is 11.1. The van der Waals surface area contributed by atoms with Crippen molar-refractivity contribution < 1.29 is 9.47 Å². The summed E-state index contributed by atoms with van der Waals surface area (Å²) in [5.41, 5.74) is 3.98. The quantitative estimate of drug-likeness (QED) is 0.889. The highest BCUT2D eigenvalue weighted by Gasteiger charge is 2.32. The van der Waals surface area contributed by atoms with Gasteiger partial charge in [-0.15, -0.1) is 0 Å². The van der Waals surface area contributed by atoms with E-state index in [-0.39, 0.29) is 12.1 Å². The van der Waals surface area contributed by atoms with Crippen molar-refractivity contribution in [3.05, 3.63) is 34.9 Å². The van der Waals surface area contributed by atoms with Gasteiger partial charge in [-0.3, -0.25) is 0 Å². The van der Waals surface area contributed by atoms with Gasteiger partial charge in [-0.2, -0.15) is 0 Å². The number of benzene rings is 1. The van der Waals surface area contributed by atoms with Crippen molar-refractivity contribution in [2.24, 2.45) is 5.92 Å². The lowest BCUT2D eigenvalue weighted by Crippen LogP contribution is -2.32. The van der Waals surface area contributed by atoms with Gasteiger partial charge in [0.15, 0.2) is 0 Å². The number of fused-ring (bicyclic) bond motifs is 1. The smallest absolute Gasteiger partial charge is 0.0795 e. The summed E-state index contributed by atoms with van der Waals surface area (Å²) in [6.45, 7) is 4.67. The van der Waals surface area contributed by atoms with Crippen LogP contribution in [0, 0.1) is 5.92 Å². The molecule has 18 heavy (non-hydrogen) atoms. The second kappa shape index (κ2) is 5.00. The zero-order chi connectivity index (χ0) is 12.5. The molecule has 3 nitrogen and oxygen atoms in total. The predicted octanol–water partition coefficient (Wildman–Crippen LogP) is 2.40. The van der Waals surface area contributed by atoms with Crippen LogP contribution in [-0.2, 0) is 22.7 Å². The molecule has 1 aromatic rings. The lowest BCUT2D eigenvalue weighted by Gasteiger charge is -2.26. The maximum Gasteiger partial charge on any atom is 0.0795 e. The van der Waals surface area contributed by atoms with Gasteiger partial charge in [0.05, 0.1) is 25.4 Å². The lowest BCUT2D eigenvalue weighted by atomic mass is 9.91. The van der Waals surface area contributed by atoms with E-state index in [0.29, 0.717) is 5.92 Å². The van der Waals surface area contributed by atoms with Crippen LogP contribution in [0.15, 0.2) is 18.2 Å². The van der Waals surface area contributed by atoms with Crippen LogP contribution in [-0.4, -0.2) is 19.8 Å². The average Bonchev–Trinajstić information content (AvgIpc) is 2.99. The van der Waals surface area contributed by atoms with E-state index in [0.717, 1.165) is 26.2 Å². The van der Waals surface area contributed by atoms with E-state index in [1.165, 1.54) is 16.7 Å². The minimum Gasteiger partial charge on any atom is -0.376 e. The van der Waals surface area contributed by atoms with Gasteiger partial charge < -0.3 is 14.8 Å². The average molecular weight is 247 g/mol. The molecule has 0 bridgehead atoms. The minimum absolute atomic E-state index is 0.286. The highest BCUT2D eigenvalue weighted by Crippen LogP contribution is 2.32. The van der Waals surface area contributed by atoms with Crippen LogP contribution >= 0.6 is 0 Å². The van der Waals surface area contributed by atoms with Gasteiger partial charge >= 0.3 is 0 Å². The molecule has 3 heteroatoms. The molecule has 3 rings (SSSR count). The number of ether oxygens (including phenoxy) is 2. The minimum atomic E-state index is 0.286. The predicted molar refractivity (Wildman–Crippen MR) is 70.3 cm³/mol. The van der Waals surface area contributed by atoms with E-state index >= 15 is 0 Å². The Morgan fingerprint density at radius 2 is 2.11 bits per heavy atom. The lowest BCUT2D eigenvalue weighted by molar-refractivity contribution is 0.0631. The number of nitrogens with one attached hydrogen (secondary N) is 1. The van der Waals surface area contributed by atoms with Crippen molar-refractivity contribution in [3.63, 3.8) is 0 Å². The summed E-state index contributed by atoms with van der Waals surface area (Å²) in [4.78, 5) is 0. The summed E-state index contributed by atoms with van der Waals surface area (Å²) in [5.74, 6) is 0.618. The van der Waals surface area contributed by atoms with Crippen LogP contribution < -0.4 is 5.32 Å². The number of hydrogen-bond acceptors (Lipinski definition) is 3. The molecule has 2 aliphatic rings. The monoisotopic (exact) mass is 247 g/mol. The van der Waals surface area contributed by atoms with Crippen molar-refractivity contribution in [1.29, 1.82) is 0 Å². The molecule has 0 saturated carbocycles. The summed E-state index contributed by atoms with van der Waals surface area (Å²) < 4.78 is 11.4. The van der Waals surface area contributed by atoms with Crippen molar-refractivity contribution in [2.75, 3.05) is 13.7 Å². The first-order valence-corrected chi connectivity index (χ1v) is 6.78. The van der Waals surface area contributed by atoms with Crippen LogP contribution in [0.3, 0.4) is 0 Å². The van der Waals surface area contributed by atoms with Gasteiger partial charge in [0.25, 0.3) is 0 Å². The molecule has 2 aliphatic heterocycles. The molecule has 3 atom stereocenters. The Kier molecular flexibility index (Phi) is 3.37. The Morgan fingerprint density at radius 3 is 2.83 bits per heavy atom. The third-order valence-corrected chi connectivity index (χ3v) is 4.19. The second-order valence-electron chi connectivity index (χ2n) is 5.39. The zero-order valence-electron chi connectivity index (χ0n) is 11.1. The second-order valence-corrected chi connectivity index (χ2v) is 5.39. The van der Waals surface area contributed by atoms with Crippen LogP contribution in [0.2, 0.25) is 0 Å². The molecule has 1 aromatic carbocycles. The molecule has 1 fully saturated rings. The fraction of sp³-hybridized carbons (Fsp3) is 0.600. The maximum atomic E-state index is 5.90. The third kappa shape index (κ3) is 2.07. The Morgan fingerprint density at radius 1 is 1.28 bits per heavy atom. The first kappa shape index (κ1) is 12.2. The van der Waals surface area contributed by atoms with Crippen LogP contribution in [0.4, 0.5) is 0 Å². The highest BCUT2D eigenvalue weighted by molar-refractivity contribution is 5.35. The molecule has 1 N–H and O–H groups in total. The molecular formula is C15H21NO2. The third-order valence-electron chi connectivity index (χ3n) is 4.19. The van der Waals surface area contributed by atoms with Gasteiger partial charge in [0, 0.05) is 6.61 Å². The molecule has 0 aromatic heterocycles. The summed E-state index contributed by atoms with van der Waals surface area (Å²) >= 11 is 0. The standard InChI is InChI=1S/C15H21NO2/c1-10-5-6-18-15(10)14(16-2)11-3-4-12-8-17-9-13(12)7-11/h3-4,7,10,14-16H,5-6,8-9H2,1-2H3. The van der Waals surface area contributed by atoms with E-state index in [9.17, 15) is 0 Å². The number of hydrogen-bond donors (Lipinski definition) is 1. The number of rotatable bonds is 3. The van der Waals surface area contributed by atoms with Crippen molar-refractivity contribution in [3.8, 4) is 0 Å². The summed E-state index contributed by atoms with van der Waals surface area (Å²) in [5, 5.41) is 3.42. The van der Waals surface area contributed by atoms with Crippen LogP contribution in [0.5, 0.6) is 0 Å². The Labute approximate surface area is 108 Å². The molecular weight excluding hydrogens is 226 g/mol. The van der Waals surface area contributed by atoms with Crippen molar-refractivity contribution >= 4 is 0 Å². The topological polar surface area (TPSA) is 30.5 Å². The molecule has 3 unspecified atom stereocenters. The molecule has 0 radical (unpaired) electrons. The molecule has 1 saturated heterocycles. The van der Waals surface area contributed by atoms with Gasteiger partial charge in [0.2, 0.25) is 0 Å². The largest absolute Gasteiger partial charge is 0.376 e. The first-order chi connectivity index (χ1) is 8.79.